The van der Waals surface area contributed by atoms with Gasteiger partial charge in [-0.3, -0.25) is 10.1 Å². The topological polar surface area (TPSA) is 79.4 Å². The monoisotopic (exact) mass is 377 g/mol. The highest BCUT2D eigenvalue weighted by atomic mass is 32.2. The van der Waals surface area contributed by atoms with E-state index in [9.17, 15) is 10.1 Å². The van der Waals surface area contributed by atoms with Crippen molar-refractivity contribution in [1.29, 1.82) is 0 Å². The lowest BCUT2D eigenvalue weighted by Gasteiger charge is -2.20. The molecule has 0 saturated heterocycles. The normalized spacial score (nSPS) is 13.3. The number of nitro groups is 1. The summed E-state index contributed by atoms with van der Waals surface area (Å²) in [5.41, 5.74) is 3.79. The summed E-state index contributed by atoms with van der Waals surface area (Å²) in [5.74, 6) is 1.26. The highest BCUT2D eigenvalue weighted by Gasteiger charge is 2.22. The van der Waals surface area contributed by atoms with Crippen molar-refractivity contribution >= 4 is 17.4 Å². The highest BCUT2D eigenvalue weighted by Crippen LogP contribution is 2.36. The number of nitro benzene ring substituents is 1. The van der Waals surface area contributed by atoms with Crippen LogP contribution in [0, 0.1) is 24.0 Å². The van der Waals surface area contributed by atoms with E-state index in [2.05, 4.69) is 23.4 Å². The molecule has 0 bridgehead atoms. The van der Waals surface area contributed by atoms with Gasteiger partial charge in [-0.2, -0.15) is 0 Å². The Kier molecular flexibility index (Phi) is 5.83. The van der Waals surface area contributed by atoms with E-state index >= 15 is 0 Å². The lowest BCUT2D eigenvalue weighted by molar-refractivity contribution is -0.385. The van der Waals surface area contributed by atoms with Crippen LogP contribution in [0.2, 0.25) is 0 Å². The summed E-state index contributed by atoms with van der Waals surface area (Å²) in [6.07, 6.45) is 2.21. The number of benzene rings is 1. The number of thioether (sulfide) groups is 1. The van der Waals surface area contributed by atoms with Crippen LogP contribution in [0.25, 0.3) is 0 Å². The van der Waals surface area contributed by atoms with Crippen molar-refractivity contribution in [3.63, 3.8) is 0 Å². The summed E-state index contributed by atoms with van der Waals surface area (Å²) < 4.78 is 13.1. The molecule has 8 heteroatoms. The first-order valence-electron chi connectivity index (χ1n) is 8.68. The minimum Gasteiger partial charge on any atom is -0.467 e. The third-order valence-corrected chi connectivity index (χ3v) is 5.52. The summed E-state index contributed by atoms with van der Waals surface area (Å²) in [7, 11) is 0. The molecule has 0 atom stereocenters. The molecule has 1 aliphatic rings. The van der Waals surface area contributed by atoms with Gasteiger partial charge in [-0.25, -0.2) is 4.98 Å². The van der Waals surface area contributed by atoms with Crippen molar-refractivity contribution in [3.05, 3.63) is 44.8 Å². The summed E-state index contributed by atoms with van der Waals surface area (Å²) in [4.78, 5) is 15.5. The molecule has 1 aliphatic heterocycles. The lowest BCUT2D eigenvalue weighted by atomic mass is 10.1. The predicted octanol–water partition coefficient (Wildman–Crippen LogP) is 4.37. The second-order valence-electron chi connectivity index (χ2n) is 6.32. The van der Waals surface area contributed by atoms with Gasteiger partial charge in [0.05, 0.1) is 17.2 Å². The summed E-state index contributed by atoms with van der Waals surface area (Å²) >= 11 is 1.59. The van der Waals surface area contributed by atoms with Crippen molar-refractivity contribution < 1.29 is 14.4 Å². The molecule has 0 spiro atoms. The van der Waals surface area contributed by atoms with Gasteiger partial charge < -0.3 is 14.0 Å². The number of imidazole rings is 1. The smallest absolute Gasteiger partial charge is 0.270 e. The Morgan fingerprint density at radius 2 is 2.19 bits per heavy atom. The molecule has 7 nitrogen and oxygen atoms in total. The minimum atomic E-state index is -0.375. The van der Waals surface area contributed by atoms with Gasteiger partial charge in [0.1, 0.15) is 5.75 Å². The van der Waals surface area contributed by atoms with E-state index in [0.717, 1.165) is 41.4 Å². The van der Waals surface area contributed by atoms with Crippen LogP contribution in [0.4, 0.5) is 5.69 Å². The number of ether oxygens (including phenoxy) is 2. The van der Waals surface area contributed by atoms with Crippen molar-refractivity contribution in [2.45, 2.75) is 57.7 Å². The fourth-order valence-electron chi connectivity index (χ4n) is 2.95. The molecule has 0 aliphatic carbocycles. The molecule has 0 radical (unpaired) electrons. The average molecular weight is 377 g/mol. The zero-order valence-electron chi connectivity index (χ0n) is 15.3. The average Bonchev–Trinajstić information content (AvgIpc) is 2.91. The molecular weight excluding hydrogens is 354 g/mol. The van der Waals surface area contributed by atoms with Gasteiger partial charge in [-0.15, -0.1) is 0 Å². The number of unbranched alkanes of at least 4 members (excludes halogenated alkanes) is 1. The van der Waals surface area contributed by atoms with Gasteiger partial charge in [0.25, 0.3) is 5.69 Å². The Balaban J connectivity index is 1.87. The first-order valence-corrected chi connectivity index (χ1v) is 9.67. The quantitative estimate of drug-likeness (QED) is 0.405. The van der Waals surface area contributed by atoms with E-state index in [4.69, 9.17) is 9.47 Å². The van der Waals surface area contributed by atoms with Crippen molar-refractivity contribution in [2.24, 2.45) is 0 Å². The molecule has 0 saturated carbocycles. The molecule has 2 heterocycles. The Morgan fingerprint density at radius 3 is 2.92 bits per heavy atom. The van der Waals surface area contributed by atoms with Crippen LogP contribution < -0.4 is 4.74 Å². The van der Waals surface area contributed by atoms with Crippen molar-refractivity contribution in [1.82, 2.24) is 9.55 Å². The molecule has 0 amide bonds. The first-order chi connectivity index (χ1) is 12.5. The molecule has 140 valence electrons. The molecular formula is C18H23N3O4S. The second kappa shape index (κ2) is 8.09. The van der Waals surface area contributed by atoms with Crippen LogP contribution in [0.15, 0.2) is 17.3 Å². The highest BCUT2D eigenvalue weighted by molar-refractivity contribution is 7.98. The maximum atomic E-state index is 11.2. The van der Waals surface area contributed by atoms with Crippen LogP contribution in [0.1, 0.15) is 42.3 Å². The van der Waals surface area contributed by atoms with Gasteiger partial charge in [-0.05, 0) is 20.3 Å². The zero-order chi connectivity index (χ0) is 18.7. The van der Waals surface area contributed by atoms with E-state index < -0.39 is 0 Å². The number of hydrogen-bond acceptors (Lipinski definition) is 6. The second-order valence-corrected chi connectivity index (χ2v) is 7.26. The fourth-order valence-corrected chi connectivity index (χ4v) is 4.03. The van der Waals surface area contributed by atoms with Gasteiger partial charge in [0.15, 0.2) is 11.9 Å². The number of aryl methyl sites for hydroxylation is 1. The van der Waals surface area contributed by atoms with Crippen LogP contribution in [-0.2, 0) is 23.6 Å². The van der Waals surface area contributed by atoms with Gasteiger partial charge >= 0.3 is 0 Å². The molecule has 3 rings (SSSR count). The third-order valence-electron chi connectivity index (χ3n) is 4.50. The van der Waals surface area contributed by atoms with E-state index in [-0.39, 0.29) is 17.4 Å². The third kappa shape index (κ3) is 3.86. The SMILES string of the molecule is CCCCn1c(SCc2cc([N+](=O)[O-])cc3c2OCOC3)nc(C)c1C. The van der Waals surface area contributed by atoms with Gasteiger partial charge in [0.2, 0.25) is 0 Å². The van der Waals surface area contributed by atoms with Crippen LogP contribution in [0.3, 0.4) is 0 Å². The summed E-state index contributed by atoms with van der Waals surface area (Å²) in [6, 6.07) is 3.12. The Hall–Kier alpha value is -2.06. The maximum absolute atomic E-state index is 11.2. The van der Waals surface area contributed by atoms with E-state index in [1.165, 1.54) is 11.8 Å². The largest absolute Gasteiger partial charge is 0.467 e. The van der Waals surface area contributed by atoms with Crippen molar-refractivity contribution in [3.8, 4) is 5.75 Å². The number of hydrogen-bond donors (Lipinski definition) is 0. The first kappa shape index (κ1) is 18.7. The Morgan fingerprint density at radius 1 is 1.38 bits per heavy atom. The molecule has 26 heavy (non-hydrogen) atoms. The van der Waals surface area contributed by atoms with Crippen LogP contribution in [0.5, 0.6) is 5.75 Å². The van der Waals surface area contributed by atoms with E-state index in [1.807, 2.05) is 6.92 Å². The standard InChI is InChI=1S/C18H23N3O4S/c1-4-5-6-20-13(3)12(2)19-18(20)26-10-15-8-16(21(22)23)7-14-9-24-11-25-17(14)15/h7-8H,4-6,9-11H2,1-3H3. The molecule has 0 fully saturated rings. The van der Waals surface area contributed by atoms with Crippen LogP contribution in [-0.4, -0.2) is 21.3 Å². The molecule has 0 unspecified atom stereocenters. The lowest BCUT2D eigenvalue weighted by Crippen LogP contribution is -2.13. The van der Waals surface area contributed by atoms with Gasteiger partial charge in [-0.1, -0.05) is 25.1 Å². The van der Waals surface area contributed by atoms with Crippen molar-refractivity contribution in [2.75, 3.05) is 6.79 Å². The molecule has 1 aromatic carbocycles. The number of non-ortho nitro benzene ring substituents is 1. The predicted molar refractivity (Wildman–Crippen MR) is 99.6 cm³/mol. The number of fused-ring (bicyclic) bond motifs is 1. The number of rotatable bonds is 7. The minimum absolute atomic E-state index is 0.0649. The summed E-state index contributed by atoms with van der Waals surface area (Å²) in [6.45, 7) is 7.70. The Bertz CT molecular complexity index is 819. The zero-order valence-corrected chi connectivity index (χ0v) is 16.1. The maximum Gasteiger partial charge on any atom is 0.270 e. The molecule has 0 N–H and O–H groups in total. The van der Waals surface area contributed by atoms with Crippen LogP contribution >= 0.6 is 11.8 Å². The summed E-state index contributed by atoms with van der Waals surface area (Å²) in [5, 5.41) is 12.2. The van der Waals surface area contributed by atoms with Gasteiger partial charge in [0, 0.05) is 41.3 Å². The Labute approximate surface area is 156 Å². The molecule has 1 aromatic heterocycles. The fraction of sp³-hybridized carbons (Fsp3) is 0.500. The number of nitrogens with zero attached hydrogens (tertiary/aromatic N) is 3. The van der Waals surface area contributed by atoms with E-state index in [1.54, 1.807) is 17.8 Å². The number of aromatic nitrogens is 2. The van der Waals surface area contributed by atoms with E-state index in [0.29, 0.717) is 18.1 Å². The molecule has 2 aromatic rings.